The molecule has 1 aromatic rings. The van der Waals surface area contributed by atoms with Crippen LogP contribution in [0, 0.1) is 6.92 Å². The van der Waals surface area contributed by atoms with Gasteiger partial charge in [-0.05, 0) is 31.9 Å². The van der Waals surface area contributed by atoms with Gasteiger partial charge >= 0.3 is 0 Å². The molecule has 0 aliphatic rings. The average molecular weight is 196 g/mol. The Balaban J connectivity index is 3.38. The third kappa shape index (κ3) is 1.89. The number of aliphatic hydroxyl groups is 2. The van der Waals surface area contributed by atoms with Crippen molar-refractivity contribution in [3.63, 3.8) is 0 Å². The standard InChI is InChI=1S/C11H16O3/c1-6-4-5-9(7(2)12)10(8(3)13)11(6)14/h4-5,7-8,12-14H,1-3H3. The third-order valence-electron chi connectivity index (χ3n) is 2.32. The molecule has 0 amide bonds. The van der Waals surface area contributed by atoms with Gasteiger partial charge < -0.3 is 15.3 Å². The number of hydrogen-bond donors (Lipinski definition) is 3. The van der Waals surface area contributed by atoms with Gasteiger partial charge in [-0.3, -0.25) is 0 Å². The Morgan fingerprint density at radius 2 is 1.64 bits per heavy atom. The van der Waals surface area contributed by atoms with Crippen molar-refractivity contribution in [2.24, 2.45) is 0 Å². The van der Waals surface area contributed by atoms with Gasteiger partial charge in [0.1, 0.15) is 5.75 Å². The number of aromatic hydroxyl groups is 1. The molecule has 0 fully saturated rings. The second-order valence-corrected chi connectivity index (χ2v) is 3.59. The van der Waals surface area contributed by atoms with E-state index in [0.29, 0.717) is 16.7 Å². The van der Waals surface area contributed by atoms with Crippen LogP contribution in [0.4, 0.5) is 0 Å². The van der Waals surface area contributed by atoms with E-state index in [9.17, 15) is 15.3 Å². The van der Waals surface area contributed by atoms with E-state index in [2.05, 4.69) is 0 Å². The lowest BCUT2D eigenvalue weighted by Crippen LogP contribution is -2.03. The minimum atomic E-state index is -0.778. The largest absolute Gasteiger partial charge is 0.507 e. The highest BCUT2D eigenvalue weighted by Gasteiger charge is 2.17. The zero-order valence-electron chi connectivity index (χ0n) is 8.65. The molecule has 0 saturated carbocycles. The molecule has 14 heavy (non-hydrogen) atoms. The molecule has 0 bridgehead atoms. The number of phenols is 1. The lowest BCUT2D eigenvalue weighted by molar-refractivity contribution is 0.172. The predicted molar refractivity (Wildman–Crippen MR) is 54.1 cm³/mol. The maximum absolute atomic E-state index is 9.73. The minimum absolute atomic E-state index is 0.0680. The fourth-order valence-electron chi connectivity index (χ4n) is 1.54. The van der Waals surface area contributed by atoms with Crippen LogP contribution in [0.2, 0.25) is 0 Å². The fraction of sp³-hybridized carbons (Fsp3) is 0.455. The summed E-state index contributed by atoms with van der Waals surface area (Å²) in [5, 5.41) is 28.7. The van der Waals surface area contributed by atoms with Crippen molar-refractivity contribution in [3.8, 4) is 5.75 Å². The van der Waals surface area contributed by atoms with Gasteiger partial charge in [-0.1, -0.05) is 12.1 Å². The van der Waals surface area contributed by atoms with Crippen LogP contribution in [0.1, 0.15) is 42.7 Å². The second-order valence-electron chi connectivity index (χ2n) is 3.59. The summed E-state index contributed by atoms with van der Waals surface area (Å²) in [6.45, 7) is 4.93. The van der Waals surface area contributed by atoms with Gasteiger partial charge in [0.05, 0.1) is 12.2 Å². The van der Waals surface area contributed by atoms with Crippen molar-refractivity contribution >= 4 is 0 Å². The Kier molecular flexibility index (Phi) is 3.13. The van der Waals surface area contributed by atoms with Crippen LogP contribution in [-0.4, -0.2) is 15.3 Å². The molecule has 0 radical (unpaired) electrons. The van der Waals surface area contributed by atoms with E-state index in [4.69, 9.17) is 0 Å². The molecule has 0 saturated heterocycles. The molecular formula is C11H16O3. The van der Waals surface area contributed by atoms with E-state index in [-0.39, 0.29) is 5.75 Å². The molecule has 3 nitrogen and oxygen atoms in total. The van der Waals surface area contributed by atoms with E-state index in [1.54, 1.807) is 32.9 Å². The zero-order chi connectivity index (χ0) is 10.9. The van der Waals surface area contributed by atoms with Gasteiger partial charge in [0, 0.05) is 5.56 Å². The molecule has 0 aromatic heterocycles. The summed E-state index contributed by atoms with van der Waals surface area (Å²) in [7, 11) is 0. The molecule has 3 heteroatoms. The summed E-state index contributed by atoms with van der Waals surface area (Å²) in [5.41, 5.74) is 1.69. The van der Waals surface area contributed by atoms with Gasteiger partial charge in [0.25, 0.3) is 0 Å². The number of aliphatic hydroxyl groups excluding tert-OH is 2. The summed E-state index contributed by atoms with van der Waals surface area (Å²) in [6.07, 6.45) is -1.47. The highest BCUT2D eigenvalue weighted by atomic mass is 16.3. The van der Waals surface area contributed by atoms with Gasteiger partial charge in [0.2, 0.25) is 0 Å². The van der Waals surface area contributed by atoms with E-state index in [0.717, 1.165) is 0 Å². The zero-order valence-corrected chi connectivity index (χ0v) is 8.65. The van der Waals surface area contributed by atoms with Crippen LogP contribution < -0.4 is 0 Å². The molecule has 0 aliphatic carbocycles. The average Bonchev–Trinajstić information content (AvgIpc) is 2.08. The van der Waals surface area contributed by atoms with Crippen molar-refractivity contribution in [2.45, 2.75) is 33.0 Å². The van der Waals surface area contributed by atoms with Crippen molar-refractivity contribution in [3.05, 3.63) is 28.8 Å². The monoisotopic (exact) mass is 196 g/mol. The maximum Gasteiger partial charge on any atom is 0.124 e. The first kappa shape index (κ1) is 11.0. The van der Waals surface area contributed by atoms with Gasteiger partial charge in [-0.25, -0.2) is 0 Å². The highest BCUT2D eigenvalue weighted by molar-refractivity contribution is 5.46. The normalized spacial score (nSPS) is 15.2. The third-order valence-corrected chi connectivity index (χ3v) is 2.32. The van der Waals surface area contributed by atoms with E-state index < -0.39 is 12.2 Å². The Hall–Kier alpha value is -1.06. The van der Waals surface area contributed by atoms with Crippen LogP contribution in [0.25, 0.3) is 0 Å². The summed E-state index contributed by atoms with van der Waals surface area (Å²) >= 11 is 0. The molecule has 2 atom stereocenters. The molecule has 1 rings (SSSR count). The van der Waals surface area contributed by atoms with E-state index in [1.165, 1.54) is 0 Å². The van der Waals surface area contributed by atoms with Crippen molar-refractivity contribution in [1.82, 2.24) is 0 Å². The van der Waals surface area contributed by atoms with Crippen LogP contribution >= 0.6 is 0 Å². The Morgan fingerprint density at radius 3 is 2.07 bits per heavy atom. The molecule has 0 heterocycles. The van der Waals surface area contributed by atoms with Crippen molar-refractivity contribution < 1.29 is 15.3 Å². The van der Waals surface area contributed by atoms with Crippen LogP contribution in [0.5, 0.6) is 5.75 Å². The summed E-state index contributed by atoms with van der Waals surface area (Å²) in [4.78, 5) is 0. The fourth-order valence-corrected chi connectivity index (χ4v) is 1.54. The van der Waals surface area contributed by atoms with Crippen LogP contribution in [-0.2, 0) is 0 Å². The number of rotatable bonds is 2. The maximum atomic E-state index is 9.73. The smallest absolute Gasteiger partial charge is 0.124 e. The molecule has 78 valence electrons. The first-order chi connectivity index (χ1) is 6.45. The Bertz CT molecular complexity index is 330. The lowest BCUT2D eigenvalue weighted by atomic mass is 9.96. The van der Waals surface area contributed by atoms with Crippen molar-refractivity contribution in [1.29, 1.82) is 0 Å². The highest BCUT2D eigenvalue weighted by Crippen LogP contribution is 2.33. The SMILES string of the molecule is Cc1ccc(C(C)O)c(C(C)O)c1O. The quantitative estimate of drug-likeness (QED) is 0.676. The summed E-state index contributed by atoms with van der Waals surface area (Å²) in [5.74, 6) is 0.0680. The van der Waals surface area contributed by atoms with Gasteiger partial charge in [-0.15, -0.1) is 0 Å². The molecule has 3 N–H and O–H groups in total. The first-order valence-electron chi connectivity index (χ1n) is 4.63. The van der Waals surface area contributed by atoms with Crippen LogP contribution in [0.3, 0.4) is 0 Å². The molecule has 0 aliphatic heterocycles. The first-order valence-corrected chi connectivity index (χ1v) is 4.63. The minimum Gasteiger partial charge on any atom is -0.507 e. The second kappa shape index (κ2) is 3.98. The number of benzene rings is 1. The number of phenolic OH excluding ortho intramolecular Hbond substituents is 1. The Labute approximate surface area is 83.6 Å². The van der Waals surface area contributed by atoms with Gasteiger partial charge in [-0.2, -0.15) is 0 Å². The number of aryl methyl sites for hydroxylation is 1. The topological polar surface area (TPSA) is 60.7 Å². The molecular weight excluding hydrogens is 180 g/mol. The lowest BCUT2D eigenvalue weighted by Gasteiger charge is -2.17. The van der Waals surface area contributed by atoms with Crippen molar-refractivity contribution in [2.75, 3.05) is 0 Å². The van der Waals surface area contributed by atoms with E-state index >= 15 is 0 Å². The summed E-state index contributed by atoms with van der Waals surface area (Å²) < 4.78 is 0. The number of hydrogen-bond acceptors (Lipinski definition) is 3. The predicted octanol–water partition coefficient (Wildman–Crippen LogP) is 1.81. The molecule has 0 spiro atoms. The van der Waals surface area contributed by atoms with Gasteiger partial charge in [0.15, 0.2) is 0 Å². The summed E-state index contributed by atoms with van der Waals surface area (Å²) in [6, 6.07) is 3.45. The van der Waals surface area contributed by atoms with Crippen LogP contribution in [0.15, 0.2) is 12.1 Å². The molecule has 2 unspecified atom stereocenters. The molecule has 1 aromatic carbocycles. The Morgan fingerprint density at radius 1 is 1.07 bits per heavy atom. The van der Waals surface area contributed by atoms with E-state index in [1.807, 2.05) is 0 Å².